The molecule has 0 aromatic carbocycles. The Labute approximate surface area is 122 Å². The smallest absolute Gasteiger partial charge is 0.0445 e. The monoisotopic (exact) mass is 284 g/mol. The highest BCUT2D eigenvalue weighted by Gasteiger charge is 2.09. The molecule has 0 fully saturated rings. The molecular weight excluding hydrogens is 256 g/mol. The van der Waals surface area contributed by atoms with Gasteiger partial charge in [0, 0.05) is 11.9 Å². The summed E-state index contributed by atoms with van der Waals surface area (Å²) in [6.45, 7) is 4.44. The minimum atomic E-state index is -1.12. The lowest BCUT2D eigenvalue weighted by molar-refractivity contribution is -0.313. The van der Waals surface area contributed by atoms with Gasteiger partial charge in [0.05, 0.1) is 0 Å². The highest BCUT2D eigenvalue weighted by molar-refractivity contribution is 5.68. The van der Waals surface area contributed by atoms with Crippen molar-refractivity contribution in [2.75, 3.05) is 0 Å². The molecule has 0 radical (unpaired) electrons. The lowest BCUT2D eigenvalue weighted by Gasteiger charge is -2.18. The van der Waals surface area contributed by atoms with Gasteiger partial charge in [-0.25, -0.2) is 0 Å². The Hall–Kier alpha value is -1.06. The third-order valence-electron chi connectivity index (χ3n) is 3.60. The van der Waals surface area contributed by atoms with Crippen LogP contribution < -0.4 is 10.2 Å². The maximum atomic E-state index is 10.9. The molecule has 0 aromatic heterocycles. The van der Waals surface area contributed by atoms with Crippen molar-refractivity contribution in [1.82, 2.24) is 0 Å². The predicted molar refractivity (Wildman–Crippen MR) is 74.5 cm³/mol. The van der Waals surface area contributed by atoms with Crippen LogP contribution in [0.1, 0.15) is 78.1 Å². The fourth-order valence-corrected chi connectivity index (χ4v) is 2.35. The molecule has 0 heterocycles. The number of hydrogen-bond donors (Lipinski definition) is 0. The lowest BCUT2D eigenvalue weighted by Crippen LogP contribution is -2.31. The van der Waals surface area contributed by atoms with E-state index in [2.05, 4.69) is 13.8 Å². The number of rotatable bonds is 13. The maximum absolute atomic E-state index is 10.9. The number of carboxylic acid groups (broad SMARTS) is 2. The molecule has 0 bridgehead atoms. The van der Waals surface area contributed by atoms with Crippen LogP contribution in [0.4, 0.5) is 0 Å². The second-order valence-electron chi connectivity index (χ2n) is 6.02. The second-order valence-corrected chi connectivity index (χ2v) is 6.02. The summed E-state index contributed by atoms with van der Waals surface area (Å²) >= 11 is 0. The van der Waals surface area contributed by atoms with Crippen LogP contribution in [0.25, 0.3) is 0 Å². The minimum absolute atomic E-state index is 0.0705. The zero-order chi connectivity index (χ0) is 15.4. The van der Waals surface area contributed by atoms with Crippen molar-refractivity contribution < 1.29 is 19.8 Å². The van der Waals surface area contributed by atoms with Crippen molar-refractivity contribution >= 4 is 11.9 Å². The number of carboxylic acids is 2. The van der Waals surface area contributed by atoms with Gasteiger partial charge in [-0.2, -0.15) is 0 Å². The topological polar surface area (TPSA) is 80.3 Å². The molecule has 0 aliphatic carbocycles. The van der Waals surface area contributed by atoms with Crippen LogP contribution in [-0.2, 0) is 9.59 Å². The Morgan fingerprint density at radius 3 is 1.80 bits per heavy atom. The van der Waals surface area contributed by atoms with Crippen LogP contribution in [0.2, 0.25) is 0 Å². The summed E-state index contributed by atoms with van der Waals surface area (Å²) < 4.78 is 0. The van der Waals surface area contributed by atoms with Crippen LogP contribution in [0.15, 0.2) is 0 Å². The second kappa shape index (κ2) is 11.7. The van der Waals surface area contributed by atoms with Gasteiger partial charge in [-0.3, -0.25) is 0 Å². The zero-order valence-corrected chi connectivity index (χ0v) is 12.9. The van der Waals surface area contributed by atoms with Crippen LogP contribution in [0.3, 0.4) is 0 Å². The molecule has 4 nitrogen and oxygen atoms in total. The van der Waals surface area contributed by atoms with Crippen molar-refractivity contribution in [2.24, 2.45) is 11.8 Å². The standard InChI is InChI=1S/C16H30O4/c1-13(2)9-6-4-3-5-7-10-14(16(19)20)11-8-12-15(17)18/h13-14H,3-12H2,1-2H3,(H,17,18)(H,19,20)/p-2. The Balaban J connectivity index is 3.60. The minimum Gasteiger partial charge on any atom is -0.550 e. The first kappa shape index (κ1) is 18.9. The number of carbonyl (C=O) groups excluding carboxylic acids is 2. The van der Waals surface area contributed by atoms with E-state index in [1.54, 1.807) is 0 Å². The summed E-state index contributed by atoms with van der Waals surface area (Å²) in [5.41, 5.74) is 0. The molecule has 0 spiro atoms. The number of hydrogen-bond acceptors (Lipinski definition) is 4. The van der Waals surface area contributed by atoms with Gasteiger partial charge in [-0.05, 0) is 37.5 Å². The number of aliphatic carboxylic acids is 2. The average molecular weight is 284 g/mol. The molecule has 0 N–H and O–H groups in total. The molecule has 0 aliphatic heterocycles. The summed E-state index contributed by atoms with van der Waals surface area (Å²) in [5, 5.41) is 21.2. The largest absolute Gasteiger partial charge is 0.550 e. The normalized spacial score (nSPS) is 12.6. The van der Waals surface area contributed by atoms with Crippen LogP contribution >= 0.6 is 0 Å². The van der Waals surface area contributed by atoms with E-state index < -0.39 is 17.9 Å². The first-order valence-electron chi connectivity index (χ1n) is 7.84. The van der Waals surface area contributed by atoms with Crippen molar-refractivity contribution in [3.8, 4) is 0 Å². The van der Waals surface area contributed by atoms with Gasteiger partial charge in [0.15, 0.2) is 0 Å². The summed E-state index contributed by atoms with van der Waals surface area (Å²) in [6.07, 6.45) is 8.04. The molecule has 1 unspecified atom stereocenters. The van der Waals surface area contributed by atoms with E-state index in [4.69, 9.17) is 0 Å². The number of unbranched alkanes of at least 4 members (excludes halogenated alkanes) is 4. The van der Waals surface area contributed by atoms with Crippen LogP contribution in [0.5, 0.6) is 0 Å². The quantitative estimate of drug-likeness (QED) is 0.482. The molecule has 20 heavy (non-hydrogen) atoms. The van der Waals surface area contributed by atoms with Crippen molar-refractivity contribution in [2.45, 2.75) is 78.1 Å². The Morgan fingerprint density at radius 2 is 1.30 bits per heavy atom. The van der Waals surface area contributed by atoms with Crippen molar-refractivity contribution in [3.63, 3.8) is 0 Å². The molecule has 4 heteroatoms. The molecule has 0 saturated heterocycles. The van der Waals surface area contributed by atoms with E-state index >= 15 is 0 Å². The predicted octanol–water partition coefficient (Wildman–Crippen LogP) is 1.66. The van der Waals surface area contributed by atoms with E-state index in [1.165, 1.54) is 19.3 Å². The maximum Gasteiger partial charge on any atom is 0.0445 e. The highest BCUT2D eigenvalue weighted by atomic mass is 16.4. The van der Waals surface area contributed by atoms with Gasteiger partial charge in [-0.15, -0.1) is 0 Å². The van der Waals surface area contributed by atoms with E-state index in [0.29, 0.717) is 19.3 Å². The Bertz CT molecular complexity index is 274. The molecule has 118 valence electrons. The van der Waals surface area contributed by atoms with Gasteiger partial charge in [0.1, 0.15) is 0 Å². The molecule has 0 rings (SSSR count). The first-order chi connectivity index (χ1) is 9.43. The van der Waals surface area contributed by atoms with Gasteiger partial charge < -0.3 is 19.8 Å². The summed E-state index contributed by atoms with van der Waals surface area (Å²) in [5.74, 6) is -1.93. The molecule has 1 atom stereocenters. The Kier molecular flexibility index (Phi) is 11.1. The van der Waals surface area contributed by atoms with E-state index in [1.807, 2.05) is 0 Å². The van der Waals surface area contributed by atoms with Gasteiger partial charge >= 0.3 is 0 Å². The average Bonchev–Trinajstić information content (AvgIpc) is 2.34. The zero-order valence-electron chi connectivity index (χ0n) is 12.9. The fourth-order valence-electron chi connectivity index (χ4n) is 2.35. The molecule has 0 amide bonds. The van der Waals surface area contributed by atoms with Crippen LogP contribution in [-0.4, -0.2) is 11.9 Å². The third-order valence-corrected chi connectivity index (χ3v) is 3.60. The Morgan fingerprint density at radius 1 is 0.800 bits per heavy atom. The van der Waals surface area contributed by atoms with E-state index in [-0.39, 0.29) is 6.42 Å². The van der Waals surface area contributed by atoms with Gasteiger partial charge in [0.2, 0.25) is 0 Å². The van der Waals surface area contributed by atoms with E-state index in [0.717, 1.165) is 25.2 Å². The van der Waals surface area contributed by atoms with Crippen LogP contribution in [0, 0.1) is 11.8 Å². The van der Waals surface area contributed by atoms with E-state index in [9.17, 15) is 19.8 Å². The fraction of sp³-hybridized carbons (Fsp3) is 0.875. The summed E-state index contributed by atoms with van der Waals surface area (Å²) in [4.78, 5) is 21.2. The van der Waals surface area contributed by atoms with Gasteiger partial charge in [-0.1, -0.05) is 52.4 Å². The van der Waals surface area contributed by atoms with Crippen molar-refractivity contribution in [1.29, 1.82) is 0 Å². The summed E-state index contributed by atoms with van der Waals surface area (Å²) in [6, 6.07) is 0. The third kappa shape index (κ3) is 12.0. The van der Waals surface area contributed by atoms with Crippen molar-refractivity contribution in [3.05, 3.63) is 0 Å². The molecule has 0 aliphatic rings. The molecular formula is C16H28O4-2. The SMILES string of the molecule is CC(C)CCCCCCCC(CCCC(=O)[O-])C(=O)[O-]. The molecule has 0 saturated carbocycles. The van der Waals surface area contributed by atoms with Gasteiger partial charge in [0.25, 0.3) is 0 Å². The number of carbonyl (C=O) groups is 2. The molecule has 0 aromatic rings. The first-order valence-corrected chi connectivity index (χ1v) is 7.84. The summed E-state index contributed by atoms with van der Waals surface area (Å²) in [7, 11) is 0. The highest BCUT2D eigenvalue weighted by Crippen LogP contribution is 2.17. The lowest BCUT2D eigenvalue weighted by atomic mass is 9.95.